The smallest absolute Gasteiger partial charge is 0.323 e. The summed E-state index contributed by atoms with van der Waals surface area (Å²) in [6.45, 7) is 0. The zero-order chi connectivity index (χ0) is 14.6. The molecule has 0 radical (unpaired) electrons. The molecular formula is C15H21NO3S. The fraction of sp³-hybridized carbons (Fsp3) is 0.533. The molecule has 1 aliphatic carbocycles. The lowest BCUT2D eigenvalue weighted by Crippen LogP contribution is -2.53. The molecule has 4 nitrogen and oxygen atoms in total. The number of aliphatic carboxylic acids is 1. The van der Waals surface area contributed by atoms with Gasteiger partial charge in [0.1, 0.15) is 11.3 Å². The molecule has 5 heteroatoms. The number of hydrogen-bond donors (Lipinski definition) is 2. The van der Waals surface area contributed by atoms with Crippen LogP contribution in [0.15, 0.2) is 29.2 Å². The minimum atomic E-state index is -0.780. The van der Waals surface area contributed by atoms with Gasteiger partial charge in [0, 0.05) is 10.1 Å². The molecule has 0 aliphatic heterocycles. The third-order valence-corrected chi connectivity index (χ3v) is 5.28. The number of ether oxygens (including phenoxy) is 1. The minimum absolute atomic E-state index is 0.295. The van der Waals surface area contributed by atoms with E-state index in [-0.39, 0.29) is 0 Å². The summed E-state index contributed by atoms with van der Waals surface area (Å²) in [5.41, 5.74) is -0.780. The molecule has 2 N–H and O–H groups in total. The Balaban J connectivity index is 2.12. The zero-order valence-corrected chi connectivity index (χ0v) is 12.7. The molecule has 0 bridgehead atoms. The van der Waals surface area contributed by atoms with Gasteiger partial charge in [-0.15, -0.1) is 11.8 Å². The topological polar surface area (TPSA) is 58.6 Å². The number of carbonyl (C=O) groups is 1. The Kier molecular flexibility index (Phi) is 4.94. The number of benzene rings is 1. The highest BCUT2D eigenvalue weighted by Crippen LogP contribution is 2.41. The molecule has 0 aromatic heterocycles. The average Bonchev–Trinajstić information content (AvgIpc) is 2.47. The number of para-hydroxylation sites is 1. The number of carboxylic acid groups (broad SMARTS) is 1. The maximum Gasteiger partial charge on any atom is 0.323 e. The number of methoxy groups -OCH3 is 1. The van der Waals surface area contributed by atoms with Crippen LogP contribution in [0.2, 0.25) is 0 Å². The van der Waals surface area contributed by atoms with Gasteiger partial charge in [0.05, 0.1) is 7.11 Å². The summed E-state index contributed by atoms with van der Waals surface area (Å²) < 4.78 is 5.36. The summed E-state index contributed by atoms with van der Waals surface area (Å²) in [6, 6.07) is 7.89. The molecule has 1 saturated carbocycles. The first-order valence-corrected chi connectivity index (χ1v) is 7.71. The van der Waals surface area contributed by atoms with Crippen molar-refractivity contribution in [1.82, 2.24) is 5.32 Å². The molecule has 0 spiro atoms. The Labute approximate surface area is 123 Å². The van der Waals surface area contributed by atoms with Crippen molar-refractivity contribution in [2.75, 3.05) is 14.2 Å². The largest absolute Gasteiger partial charge is 0.496 e. The number of nitrogens with one attached hydrogen (secondary N) is 1. The van der Waals surface area contributed by atoms with Crippen molar-refractivity contribution in [2.45, 2.75) is 41.4 Å². The Morgan fingerprint density at radius 2 is 2.25 bits per heavy atom. The van der Waals surface area contributed by atoms with Crippen LogP contribution < -0.4 is 10.1 Å². The maximum absolute atomic E-state index is 11.5. The van der Waals surface area contributed by atoms with Crippen molar-refractivity contribution in [2.24, 2.45) is 0 Å². The van der Waals surface area contributed by atoms with Crippen molar-refractivity contribution in [3.63, 3.8) is 0 Å². The third-order valence-electron chi connectivity index (χ3n) is 3.96. The molecule has 1 aliphatic rings. The number of hydrogen-bond acceptors (Lipinski definition) is 4. The second-order valence-electron chi connectivity index (χ2n) is 5.12. The van der Waals surface area contributed by atoms with Crippen LogP contribution in [0, 0.1) is 0 Å². The monoisotopic (exact) mass is 295 g/mol. The zero-order valence-electron chi connectivity index (χ0n) is 11.9. The summed E-state index contributed by atoms with van der Waals surface area (Å²) in [5, 5.41) is 12.8. The van der Waals surface area contributed by atoms with Crippen molar-refractivity contribution in [3.8, 4) is 5.75 Å². The van der Waals surface area contributed by atoms with E-state index in [0.29, 0.717) is 18.1 Å². The average molecular weight is 295 g/mol. The lowest BCUT2D eigenvalue weighted by molar-refractivity contribution is -0.146. The highest BCUT2D eigenvalue weighted by molar-refractivity contribution is 8.00. The van der Waals surface area contributed by atoms with Gasteiger partial charge in [0.2, 0.25) is 0 Å². The van der Waals surface area contributed by atoms with E-state index in [4.69, 9.17) is 4.74 Å². The predicted molar refractivity (Wildman–Crippen MR) is 80.5 cm³/mol. The Hall–Kier alpha value is -1.20. The van der Waals surface area contributed by atoms with Gasteiger partial charge in [-0.05, 0) is 44.9 Å². The van der Waals surface area contributed by atoms with Gasteiger partial charge in [-0.3, -0.25) is 4.79 Å². The second-order valence-corrected chi connectivity index (χ2v) is 6.47. The highest BCUT2D eigenvalue weighted by Gasteiger charge is 2.42. The van der Waals surface area contributed by atoms with Crippen LogP contribution in [0.25, 0.3) is 0 Å². The van der Waals surface area contributed by atoms with Crippen molar-refractivity contribution in [1.29, 1.82) is 0 Å². The third kappa shape index (κ3) is 3.10. The van der Waals surface area contributed by atoms with E-state index in [1.54, 1.807) is 25.9 Å². The molecule has 1 aromatic carbocycles. The molecule has 20 heavy (non-hydrogen) atoms. The summed E-state index contributed by atoms with van der Waals surface area (Å²) in [7, 11) is 3.40. The predicted octanol–water partition coefficient (Wildman–Crippen LogP) is 2.77. The van der Waals surface area contributed by atoms with E-state index in [2.05, 4.69) is 5.32 Å². The molecule has 2 unspecified atom stereocenters. The Morgan fingerprint density at radius 1 is 1.50 bits per heavy atom. The van der Waals surface area contributed by atoms with Gasteiger partial charge in [-0.2, -0.15) is 0 Å². The van der Waals surface area contributed by atoms with Crippen LogP contribution in [-0.4, -0.2) is 36.0 Å². The lowest BCUT2D eigenvalue weighted by atomic mass is 9.81. The quantitative estimate of drug-likeness (QED) is 0.875. The first-order chi connectivity index (χ1) is 9.61. The van der Waals surface area contributed by atoms with Crippen LogP contribution in [0.1, 0.15) is 25.7 Å². The summed E-state index contributed by atoms with van der Waals surface area (Å²) in [5.74, 6) is 0.110. The summed E-state index contributed by atoms with van der Waals surface area (Å²) in [6.07, 6.45) is 3.31. The number of likely N-dealkylation sites (N-methyl/N-ethyl adjacent to an activating group) is 1. The van der Waals surface area contributed by atoms with Crippen LogP contribution in [-0.2, 0) is 4.79 Å². The first kappa shape index (κ1) is 15.2. The molecule has 2 atom stereocenters. The van der Waals surface area contributed by atoms with E-state index in [9.17, 15) is 9.90 Å². The van der Waals surface area contributed by atoms with E-state index in [1.807, 2.05) is 24.3 Å². The molecule has 0 saturated heterocycles. The molecule has 110 valence electrons. The molecule has 2 rings (SSSR count). The SMILES string of the molecule is CNC1(C(=O)O)CCCC(Sc2ccccc2OC)C1. The van der Waals surface area contributed by atoms with Crippen LogP contribution in [0.4, 0.5) is 0 Å². The lowest BCUT2D eigenvalue weighted by Gasteiger charge is -2.37. The first-order valence-electron chi connectivity index (χ1n) is 6.83. The number of rotatable bonds is 5. The van der Waals surface area contributed by atoms with Crippen molar-refractivity contribution >= 4 is 17.7 Å². The normalized spacial score (nSPS) is 26.2. The van der Waals surface area contributed by atoms with Gasteiger partial charge in [-0.25, -0.2) is 0 Å². The van der Waals surface area contributed by atoms with Gasteiger partial charge in [0.25, 0.3) is 0 Å². The van der Waals surface area contributed by atoms with Gasteiger partial charge in [0.15, 0.2) is 0 Å². The van der Waals surface area contributed by atoms with E-state index < -0.39 is 11.5 Å². The van der Waals surface area contributed by atoms with E-state index in [0.717, 1.165) is 23.5 Å². The van der Waals surface area contributed by atoms with E-state index >= 15 is 0 Å². The van der Waals surface area contributed by atoms with Gasteiger partial charge < -0.3 is 15.2 Å². The molecule has 0 amide bonds. The number of thioether (sulfide) groups is 1. The number of carboxylic acids is 1. The van der Waals surface area contributed by atoms with Crippen LogP contribution in [0.5, 0.6) is 5.75 Å². The molecule has 0 heterocycles. The Bertz CT molecular complexity index is 480. The van der Waals surface area contributed by atoms with Crippen LogP contribution >= 0.6 is 11.8 Å². The summed E-state index contributed by atoms with van der Waals surface area (Å²) in [4.78, 5) is 12.6. The molecule has 1 aromatic rings. The fourth-order valence-corrected chi connectivity index (χ4v) is 4.18. The van der Waals surface area contributed by atoms with Crippen molar-refractivity contribution < 1.29 is 14.6 Å². The van der Waals surface area contributed by atoms with Crippen LogP contribution in [0.3, 0.4) is 0 Å². The van der Waals surface area contributed by atoms with Gasteiger partial charge >= 0.3 is 5.97 Å². The fourth-order valence-electron chi connectivity index (χ4n) is 2.75. The standard InChI is InChI=1S/C15H21NO3S/c1-16-15(14(17)18)9-5-6-11(10-15)20-13-8-4-3-7-12(13)19-2/h3-4,7-8,11,16H,5-6,9-10H2,1-2H3,(H,17,18). The Morgan fingerprint density at radius 3 is 2.90 bits per heavy atom. The highest BCUT2D eigenvalue weighted by atomic mass is 32.2. The minimum Gasteiger partial charge on any atom is -0.496 e. The maximum atomic E-state index is 11.5. The second kappa shape index (κ2) is 6.50. The molecule has 1 fully saturated rings. The van der Waals surface area contributed by atoms with E-state index in [1.165, 1.54) is 0 Å². The molecular weight excluding hydrogens is 274 g/mol. The van der Waals surface area contributed by atoms with Gasteiger partial charge in [-0.1, -0.05) is 12.1 Å². The van der Waals surface area contributed by atoms with Crippen molar-refractivity contribution in [3.05, 3.63) is 24.3 Å². The summed E-state index contributed by atoms with van der Waals surface area (Å²) >= 11 is 1.72.